The molecule has 2 aliphatic rings. The molecule has 1 N–H and O–H groups in total. The minimum Gasteiger partial charge on any atom is -0.361 e. The topological polar surface area (TPSA) is 88.3 Å². The van der Waals surface area contributed by atoms with Crippen LogP contribution in [0.15, 0.2) is 4.52 Å². The molecule has 1 atom stereocenters. The van der Waals surface area contributed by atoms with Gasteiger partial charge in [0.05, 0.1) is 23.5 Å². The lowest BCUT2D eigenvalue weighted by Gasteiger charge is -2.31. The van der Waals surface area contributed by atoms with E-state index in [0.717, 1.165) is 40.6 Å². The average Bonchev–Trinajstić information content (AvgIpc) is 3.16. The maximum Gasteiger partial charge on any atom is 0.239 e. The monoisotopic (exact) mass is 360 g/mol. The van der Waals surface area contributed by atoms with E-state index < -0.39 is 0 Å². The fraction of sp³-hybridized carbons (Fsp3) is 0.529. The second-order valence-electron chi connectivity index (χ2n) is 6.64. The molecule has 8 heteroatoms. The van der Waals surface area contributed by atoms with E-state index in [2.05, 4.69) is 10.5 Å². The molecule has 1 unspecified atom stereocenters. The Balaban J connectivity index is 1.54. The maximum atomic E-state index is 12.7. The highest BCUT2D eigenvalue weighted by Crippen LogP contribution is 2.37. The fourth-order valence-corrected chi connectivity index (χ4v) is 4.82. The number of aromatic nitrogens is 2. The largest absolute Gasteiger partial charge is 0.361 e. The summed E-state index contributed by atoms with van der Waals surface area (Å²) in [5.41, 5.74) is 2.82. The normalized spacial score (nSPS) is 20.3. The van der Waals surface area contributed by atoms with Crippen LogP contribution in [-0.2, 0) is 22.4 Å². The summed E-state index contributed by atoms with van der Waals surface area (Å²) in [7, 11) is 0. The molecular formula is C17H20N4O3S. The van der Waals surface area contributed by atoms with Crippen molar-refractivity contribution in [2.45, 2.75) is 33.1 Å². The predicted octanol–water partition coefficient (Wildman–Crippen LogP) is 1.48. The van der Waals surface area contributed by atoms with Crippen molar-refractivity contribution < 1.29 is 14.1 Å². The second kappa shape index (κ2) is 6.25. The molecule has 4 rings (SSSR count). The number of fused-ring (bicyclic) bond motifs is 1. The SMILES string of the molecule is Cc1noc(C)c1-c1nc2c(s1)CCC(C(=O)N1CCNC(=O)C1)C2. The Labute approximate surface area is 149 Å². The zero-order valence-corrected chi connectivity index (χ0v) is 15.1. The molecule has 25 heavy (non-hydrogen) atoms. The van der Waals surface area contributed by atoms with Crippen LogP contribution in [0.1, 0.15) is 28.4 Å². The summed E-state index contributed by atoms with van der Waals surface area (Å²) in [5.74, 6) is 0.686. The molecular weight excluding hydrogens is 340 g/mol. The summed E-state index contributed by atoms with van der Waals surface area (Å²) >= 11 is 1.67. The van der Waals surface area contributed by atoms with Gasteiger partial charge in [0.1, 0.15) is 10.8 Å². The van der Waals surface area contributed by atoms with Crippen LogP contribution < -0.4 is 5.32 Å². The number of piperazine rings is 1. The third-order valence-corrected chi connectivity index (χ3v) is 6.06. The van der Waals surface area contributed by atoms with Crippen molar-refractivity contribution in [2.24, 2.45) is 5.92 Å². The van der Waals surface area contributed by atoms with Gasteiger partial charge in [0.25, 0.3) is 0 Å². The van der Waals surface area contributed by atoms with Gasteiger partial charge in [0.2, 0.25) is 11.8 Å². The van der Waals surface area contributed by atoms with Crippen LogP contribution in [0.25, 0.3) is 10.6 Å². The number of rotatable bonds is 2. The van der Waals surface area contributed by atoms with Crippen molar-refractivity contribution in [3.05, 3.63) is 22.0 Å². The van der Waals surface area contributed by atoms with E-state index in [1.165, 1.54) is 4.88 Å². The Hall–Kier alpha value is -2.22. The van der Waals surface area contributed by atoms with Crippen molar-refractivity contribution in [1.82, 2.24) is 20.4 Å². The van der Waals surface area contributed by atoms with Gasteiger partial charge in [-0.2, -0.15) is 0 Å². The van der Waals surface area contributed by atoms with Gasteiger partial charge in [-0.15, -0.1) is 11.3 Å². The molecule has 2 aromatic heterocycles. The van der Waals surface area contributed by atoms with Crippen LogP contribution in [0.2, 0.25) is 0 Å². The summed E-state index contributed by atoms with van der Waals surface area (Å²) in [6.45, 7) is 5.11. The van der Waals surface area contributed by atoms with Crippen LogP contribution in [0.5, 0.6) is 0 Å². The van der Waals surface area contributed by atoms with E-state index in [1.54, 1.807) is 16.2 Å². The molecule has 1 aliphatic heterocycles. The smallest absolute Gasteiger partial charge is 0.239 e. The summed E-state index contributed by atoms with van der Waals surface area (Å²) in [6, 6.07) is 0. The first kappa shape index (κ1) is 16.3. The number of hydrogen-bond donors (Lipinski definition) is 1. The maximum absolute atomic E-state index is 12.7. The van der Waals surface area contributed by atoms with Crippen LogP contribution in [0, 0.1) is 19.8 Å². The first-order valence-corrected chi connectivity index (χ1v) is 9.32. The molecule has 0 bridgehead atoms. The molecule has 0 spiro atoms. The molecule has 7 nitrogen and oxygen atoms in total. The van der Waals surface area contributed by atoms with Crippen LogP contribution >= 0.6 is 11.3 Å². The van der Waals surface area contributed by atoms with Gasteiger partial charge in [-0.05, 0) is 26.7 Å². The van der Waals surface area contributed by atoms with E-state index >= 15 is 0 Å². The minimum atomic E-state index is -0.0852. The zero-order chi connectivity index (χ0) is 17.6. The predicted molar refractivity (Wildman–Crippen MR) is 92.2 cm³/mol. The average molecular weight is 360 g/mol. The van der Waals surface area contributed by atoms with Gasteiger partial charge in [-0.1, -0.05) is 5.16 Å². The zero-order valence-electron chi connectivity index (χ0n) is 14.3. The van der Waals surface area contributed by atoms with E-state index in [9.17, 15) is 9.59 Å². The Kier molecular flexibility index (Phi) is 4.07. The summed E-state index contributed by atoms with van der Waals surface area (Å²) < 4.78 is 5.25. The molecule has 1 fully saturated rings. The van der Waals surface area contributed by atoms with Crippen molar-refractivity contribution in [3.8, 4) is 10.6 Å². The van der Waals surface area contributed by atoms with Crippen LogP contribution in [-0.4, -0.2) is 46.5 Å². The molecule has 0 radical (unpaired) electrons. The van der Waals surface area contributed by atoms with Crippen molar-refractivity contribution in [2.75, 3.05) is 19.6 Å². The first-order chi connectivity index (χ1) is 12.0. The van der Waals surface area contributed by atoms with E-state index in [4.69, 9.17) is 9.51 Å². The number of carbonyl (C=O) groups excluding carboxylic acids is 2. The third-order valence-electron chi connectivity index (χ3n) is 4.88. The quantitative estimate of drug-likeness (QED) is 0.876. The lowest BCUT2D eigenvalue weighted by Crippen LogP contribution is -2.52. The lowest BCUT2D eigenvalue weighted by molar-refractivity contribution is -0.141. The van der Waals surface area contributed by atoms with Crippen LogP contribution in [0.4, 0.5) is 0 Å². The Morgan fingerprint density at radius 2 is 2.24 bits per heavy atom. The summed E-state index contributed by atoms with van der Waals surface area (Å²) in [5, 5.41) is 7.68. The Morgan fingerprint density at radius 3 is 2.96 bits per heavy atom. The lowest BCUT2D eigenvalue weighted by atomic mass is 9.89. The van der Waals surface area contributed by atoms with Crippen molar-refractivity contribution in [3.63, 3.8) is 0 Å². The molecule has 3 heterocycles. The minimum absolute atomic E-state index is 0.0763. The second-order valence-corrected chi connectivity index (χ2v) is 7.72. The number of nitrogens with one attached hydrogen (secondary N) is 1. The standard InChI is InChI=1S/C17H20N4O3S/c1-9-15(10(2)24-20-9)16-19-12-7-11(3-4-13(12)25-16)17(23)21-6-5-18-14(22)8-21/h11H,3-8H2,1-2H3,(H,18,22). The highest BCUT2D eigenvalue weighted by atomic mass is 32.1. The Bertz CT molecular complexity index is 822. The number of thiazole rings is 1. The number of nitrogens with zero attached hydrogens (tertiary/aromatic N) is 3. The third kappa shape index (κ3) is 2.95. The molecule has 0 saturated carbocycles. The summed E-state index contributed by atoms with van der Waals surface area (Å²) in [4.78, 5) is 32.0. The van der Waals surface area contributed by atoms with Gasteiger partial charge >= 0.3 is 0 Å². The fourth-order valence-electron chi connectivity index (χ4n) is 3.57. The van der Waals surface area contributed by atoms with E-state index in [0.29, 0.717) is 19.5 Å². The van der Waals surface area contributed by atoms with Gasteiger partial charge in [0, 0.05) is 30.3 Å². The van der Waals surface area contributed by atoms with Crippen molar-refractivity contribution >= 4 is 23.2 Å². The molecule has 0 aromatic carbocycles. The first-order valence-electron chi connectivity index (χ1n) is 8.50. The number of amides is 2. The number of hydrogen-bond acceptors (Lipinski definition) is 6. The van der Waals surface area contributed by atoms with Gasteiger partial charge < -0.3 is 14.7 Å². The number of carbonyl (C=O) groups is 2. The number of aryl methyl sites for hydroxylation is 3. The Morgan fingerprint density at radius 1 is 1.40 bits per heavy atom. The highest BCUT2D eigenvalue weighted by Gasteiger charge is 2.32. The van der Waals surface area contributed by atoms with Crippen molar-refractivity contribution in [1.29, 1.82) is 0 Å². The molecule has 1 saturated heterocycles. The van der Waals surface area contributed by atoms with Gasteiger partial charge in [-0.25, -0.2) is 4.98 Å². The molecule has 1 aliphatic carbocycles. The molecule has 132 valence electrons. The van der Waals surface area contributed by atoms with Gasteiger partial charge in [0.15, 0.2) is 0 Å². The van der Waals surface area contributed by atoms with E-state index in [1.807, 2.05) is 13.8 Å². The van der Waals surface area contributed by atoms with E-state index in [-0.39, 0.29) is 24.3 Å². The van der Waals surface area contributed by atoms with Gasteiger partial charge in [-0.3, -0.25) is 9.59 Å². The highest BCUT2D eigenvalue weighted by molar-refractivity contribution is 7.15. The molecule has 2 aromatic rings. The summed E-state index contributed by atoms with van der Waals surface area (Å²) in [6.07, 6.45) is 2.31. The molecule has 2 amide bonds. The van der Waals surface area contributed by atoms with Crippen LogP contribution in [0.3, 0.4) is 0 Å².